The van der Waals surface area contributed by atoms with E-state index in [4.69, 9.17) is 0 Å². The van der Waals surface area contributed by atoms with Crippen LogP contribution in [0.2, 0.25) is 0 Å². The molecule has 0 unspecified atom stereocenters. The maximum absolute atomic E-state index is 4.20. The van der Waals surface area contributed by atoms with Crippen molar-refractivity contribution in [1.82, 2.24) is 15.2 Å². The molecule has 2 heterocycles. The van der Waals surface area contributed by atoms with Gasteiger partial charge in [-0.3, -0.25) is 10.1 Å². The first kappa shape index (κ1) is 11.7. The number of H-pyrrole nitrogens is 1. The molecule has 0 bridgehead atoms. The van der Waals surface area contributed by atoms with Crippen molar-refractivity contribution >= 4 is 0 Å². The number of benzene rings is 1. The van der Waals surface area contributed by atoms with E-state index in [1.807, 2.05) is 18.5 Å². The largest absolute Gasteiger partial charge is 0.277 e. The van der Waals surface area contributed by atoms with Crippen molar-refractivity contribution in [2.24, 2.45) is 0 Å². The smallest absolute Gasteiger partial charge is 0.0732 e. The van der Waals surface area contributed by atoms with Crippen LogP contribution in [-0.4, -0.2) is 15.2 Å². The summed E-state index contributed by atoms with van der Waals surface area (Å²) in [5.41, 5.74) is 5.76. The molecule has 0 saturated carbocycles. The Bertz CT molecular complexity index is 671. The second kappa shape index (κ2) is 5.06. The highest BCUT2D eigenvalue weighted by molar-refractivity contribution is 5.81. The number of aromatic nitrogens is 3. The summed E-state index contributed by atoms with van der Waals surface area (Å²) in [6, 6.07) is 12.4. The Morgan fingerprint density at radius 3 is 2.68 bits per heavy atom. The number of aryl methyl sites for hydroxylation is 1. The maximum atomic E-state index is 4.20. The molecule has 1 aromatic carbocycles. The highest BCUT2D eigenvalue weighted by Crippen LogP contribution is 2.31. The van der Waals surface area contributed by atoms with Crippen LogP contribution < -0.4 is 0 Å². The van der Waals surface area contributed by atoms with E-state index in [0.29, 0.717) is 0 Å². The Morgan fingerprint density at radius 1 is 1.00 bits per heavy atom. The number of pyridine rings is 1. The topological polar surface area (TPSA) is 41.6 Å². The van der Waals surface area contributed by atoms with E-state index in [-0.39, 0.29) is 0 Å². The molecule has 0 amide bonds. The lowest BCUT2D eigenvalue weighted by Crippen LogP contribution is -1.89. The third-order valence-electron chi connectivity index (χ3n) is 3.28. The maximum Gasteiger partial charge on any atom is 0.0732 e. The van der Waals surface area contributed by atoms with Gasteiger partial charge in [0.15, 0.2) is 0 Å². The molecular formula is C16H15N3. The van der Waals surface area contributed by atoms with E-state index in [1.165, 1.54) is 11.1 Å². The first-order chi connectivity index (χ1) is 9.40. The molecule has 19 heavy (non-hydrogen) atoms. The molecule has 0 aliphatic heterocycles. The minimum absolute atomic E-state index is 1.00. The average Bonchev–Trinajstić information content (AvgIpc) is 2.97. The standard InChI is InChI=1S/C16H15N3/c1-2-12-6-3-4-8-14(12)16-15(11-18-19-16)13-7-5-9-17-10-13/h3-11H,2H2,1H3,(H,18,19). The summed E-state index contributed by atoms with van der Waals surface area (Å²) in [5.74, 6) is 0. The highest BCUT2D eigenvalue weighted by atomic mass is 15.1. The molecule has 3 aromatic rings. The molecule has 94 valence electrons. The van der Waals surface area contributed by atoms with Gasteiger partial charge in [-0.1, -0.05) is 37.3 Å². The molecule has 3 nitrogen and oxygen atoms in total. The molecule has 0 atom stereocenters. The van der Waals surface area contributed by atoms with Gasteiger partial charge in [0, 0.05) is 29.1 Å². The minimum Gasteiger partial charge on any atom is -0.277 e. The van der Waals surface area contributed by atoms with Gasteiger partial charge >= 0.3 is 0 Å². The third-order valence-corrected chi connectivity index (χ3v) is 3.28. The summed E-state index contributed by atoms with van der Waals surface area (Å²) in [6.07, 6.45) is 6.51. The van der Waals surface area contributed by atoms with Crippen LogP contribution in [-0.2, 0) is 6.42 Å². The van der Waals surface area contributed by atoms with Crippen molar-refractivity contribution in [2.75, 3.05) is 0 Å². The van der Waals surface area contributed by atoms with Crippen LogP contribution in [0.5, 0.6) is 0 Å². The lowest BCUT2D eigenvalue weighted by atomic mass is 9.98. The van der Waals surface area contributed by atoms with Gasteiger partial charge in [0.25, 0.3) is 0 Å². The van der Waals surface area contributed by atoms with Crippen LogP contribution in [0.25, 0.3) is 22.4 Å². The van der Waals surface area contributed by atoms with Crippen LogP contribution in [0.15, 0.2) is 55.0 Å². The predicted molar refractivity (Wildman–Crippen MR) is 76.6 cm³/mol. The summed E-state index contributed by atoms with van der Waals surface area (Å²) in [7, 11) is 0. The van der Waals surface area contributed by atoms with Crippen molar-refractivity contribution in [3.8, 4) is 22.4 Å². The van der Waals surface area contributed by atoms with E-state index < -0.39 is 0 Å². The van der Waals surface area contributed by atoms with Crippen molar-refractivity contribution in [2.45, 2.75) is 13.3 Å². The van der Waals surface area contributed by atoms with E-state index >= 15 is 0 Å². The van der Waals surface area contributed by atoms with Crippen LogP contribution in [0.4, 0.5) is 0 Å². The second-order valence-electron chi connectivity index (χ2n) is 4.41. The van der Waals surface area contributed by atoms with Crippen LogP contribution in [0.3, 0.4) is 0 Å². The molecule has 3 heteroatoms. The molecule has 0 aliphatic carbocycles. The molecule has 0 radical (unpaired) electrons. The van der Waals surface area contributed by atoms with Gasteiger partial charge in [-0.15, -0.1) is 0 Å². The quantitative estimate of drug-likeness (QED) is 0.769. The Labute approximate surface area is 112 Å². The molecule has 0 spiro atoms. The zero-order valence-corrected chi connectivity index (χ0v) is 10.8. The molecular weight excluding hydrogens is 234 g/mol. The molecule has 3 rings (SSSR count). The Morgan fingerprint density at radius 2 is 1.89 bits per heavy atom. The predicted octanol–water partition coefficient (Wildman–Crippen LogP) is 3.70. The fraction of sp³-hybridized carbons (Fsp3) is 0.125. The zero-order valence-electron chi connectivity index (χ0n) is 10.8. The molecule has 0 fully saturated rings. The lowest BCUT2D eigenvalue weighted by molar-refractivity contribution is 1.08. The number of nitrogens with zero attached hydrogens (tertiary/aromatic N) is 2. The Kier molecular flexibility index (Phi) is 3.11. The van der Waals surface area contributed by atoms with Gasteiger partial charge in [0.2, 0.25) is 0 Å². The van der Waals surface area contributed by atoms with Crippen molar-refractivity contribution < 1.29 is 0 Å². The summed E-state index contributed by atoms with van der Waals surface area (Å²) in [4.78, 5) is 4.18. The summed E-state index contributed by atoms with van der Waals surface area (Å²) < 4.78 is 0. The molecule has 1 N–H and O–H groups in total. The normalized spacial score (nSPS) is 10.6. The lowest BCUT2D eigenvalue weighted by Gasteiger charge is -2.08. The van der Waals surface area contributed by atoms with E-state index in [2.05, 4.69) is 52.4 Å². The fourth-order valence-electron chi connectivity index (χ4n) is 2.30. The Hall–Kier alpha value is -2.42. The summed E-state index contributed by atoms with van der Waals surface area (Å²) in [6.45, 7) is 2.17. The second-order valence-corrected chi connectivity index (χ2v) is 4.41. The van der Waals surface area contributed by atoms with Crippen LogP contribution >= 0.6 is 0 Å². The van der Waals surface area contributed by atoms with Gasteiger partial charge in [-0.05, 0) is 18.1 Å². The van der Waals surface area contributed by atoms with Gasteiger partial charge in [-0.2, -0.15) is 5.10 Å². The summed E-state index contributed by atoms with van der Waals surface area (Å²) >= 11 is 0. The summed E-state index contributed by atoms with van der Waals surface area (Å²) in [5, 5.41) is 7.31. The van der Waals surface area contributed by atoms with Crippen molar-refractivity contribution in [3.05, 3.63) is 60.6 Å². The minimum atomic E-state index is 1.00. The molecule has 0 saturated heterocycles. The van der Waals surface area contributed by atoms with E-state index in [0.717, 1.165) is 23.2 Å². The van der Waals surface area contributed by atoms with E-state index in [9.17, 15) is 0 Å². The average molecular weight is 249 g/mol. The zero-order chi connectivity index (χ0) is 13.1. The first-order valence-electron chi connectivity index (χ1n) is 6.42. The van der Waals surface area contributed by atoms with Gasteiger partial charge in [0.1, 0.15) is 0 Å². The Balaban J connectivity index is 2.15. The number of rotatable bonds is 3. The monoisotopic (exact) mass is 249 g/mol. The van der Waals surface area contributed by atoms with Crippen molar-refractivity contribution in [1.29, 1.82) is 0 Å². The number of nitrogens with one attached hydrogen (secondary N) is 1. The SMILES string of the molecule is CCc1ccccc1-c1[nH]ncc1-c1cccnc1. The number of hydrogen-bond donors (Lipinski definition) is 1. The molecule has 0 aliphatic rings. The first-order valence-corrected chi connectivity index (χ1v) is 6.42. The van der Waals surface area contributed by atoms with Gasteiger partial charge in [-0.25, -0.2) is 0 Å². The van der Waals surface area contributed by atoms with Crippen LogP contribution in [0, 0.1) is 0 Å². The fourth-order valence-corrected chi connectivity index (χ4v) is 2.30. The van der Waals surface area contributed by atoms with E-state index in [1.54, 1.807) is 6.20 Å². The molecule has 2 aromatic heterocycles. The van der Waals surface area contributed by atoms with Crippen LogP contribution in [0.1, 0.15) is 12.5 Å². The number of hydrogen-bond acceptors (Lipinski definition) is 2. The third kappa shape index (κ3) is 2.15. The van der Waals surface area contributed by atoms with Gasteiger partial charge < -0.3 is 0 Å². The van der Waals surface area contributed by atoms with Gasteiger partial charge in [0.05, 0.1) is 11.9 Å². The highest BCUT2D eigenvalue weighted by Gasteiger charge is 2.12. The number of aromatic amines is 1. The van der Waals surface area contributed by atoms with Crippen molar-refractivity contribution in [3.63, 3.8) is 0 Å².